The van der Waals surface area contributed by atoms with Crippen molar-refractivity contribution in [3.63, 3.8) is 0 Å². The molecule has 2 aliphatic rings. The molecule has 1 saturated heterocycles. The Morgan fingerprint density at radius 1 is 1.17 bits per heavy atom. The Labute approximate surface area is 239 Å². The highest BCUT2D eigenvalue weighted by Crippen LogP contribution is 2.32. The first kappa shape index (κ1) is 26.3. The maximum Gasteiger partial charge on any atom is 0.219 e. The van der Waals surface area contributed by atoms with Gasteiger partial charge in [-0.1, -0.05) is 12.1 Å². The number of nitrogens with one attached hydrogen (secondary N) is 1. The van der Waals surface area contributed by atoms with Gasteiger partial charge in [-0.25, -0.2) is 18.4 Å². The van der Waals surface area contributed by atoms with Crippen LogP contribution in [0, 0.1) is 24.5 Å². The van der Waals surface area contributed by atoms with Crippen LogP contribution < -0.4 is 10.5 Å². The molecule has 3 N–H and O–H groups in total. The summed E-state index contributed by atoms with van der Waals surface area (Å²) in [6, 6.07) is 11.1. The number of hydrogen-bond acceptors (Lipinski definition) is 7. The molecule has 0 saturated carbocycles. The molecular weight excluding hydrogens is 542 g/mol. The third kappa shape index (κ3) is 4.60. The maximum atomic E-state index is 14.0. The van der Waals surface area contributed by atoms with E-state index in [-0.39, 0.29) is 23.0 Å². The molecule has 0 aliphatic carbocycles. The minimum Gasteiger partial charge on any atom is -0.433 e. The Morgan fingerprint density at radius 3 is 2.71 bits per heavy atom. The highest BCUT2D eigenvalue weighted by molar-refractivity contribution is 6.12. The summed E-state index contributed by atoms with van der Waals surface area (Å²) in [6.45, 7) is 6.28. The molecule has 1 fully saturated rings. The van der Waals surface area contributed by atoms with Gasteiger partial charge in [0.25, 0.3) is 0 Å². The van der Waals surface area contributed by atoms with E-state index in [4.69, 9.17) is 15.2 Å². The molecule has 0 amide bonds. The Bertz CT molecular complexity index is 1820. The van der Waals surface area contributed by atoms with Crippen molar-refractivity contribution in [2.45, 2.75) is 19.9 Å². The third-order valence-corrected chi connectivity index (χ3v) is 8.02. The number of para-hydroxylation sites is 1. The van der Waals surface area contributed by atoms with Gasteiger partial charge in [0.1, 0.15) is 5.82 Å². The molecule has 2 aliphatic heterocycles. The number of anilines is 1. The molecule has 7 rings (SSSR count). The van der Waals surface area contributed by atoms with Gasteiger partial charge in [0.05, 0.1) is 42.6 Å². The van der Waals surface area contributed by atoms with Crippen LogP contribution in [-0.4, -0.2) is 56.7 Å². The number of aryl methyl sites for hydroxylation is 1. The van der Waals surface area contributed by atoms with Crippen LogP contribution in [0.2, 0.25) is 0 Å². The van der Waals surface area contributed by atoms with Crippen molar-refractivity contribution >= 4 is 22.5 Å². The standard InChI is InChI=1S/C31H28F2N6O3/c1-17-9-28(42-30-23(32)3-2-4-24(30)33)35-12-27(17)39-31(34)21(11-36-39)29(40)26-10-20-22-14-38(13-18-15-41-16-18)8-7-19(22)5-6-25(20)37-26/h2-6,9-12,18,37H,7-8,13-16,34H2,1H3. The van der Waals surface area contributed by atoms with Gasteiger partial charge in [-0.15, -0.1) is 0 Å². The number of fused-ring (bicyclic) bond motifs is 3. The normalized spacial score (nSPS) is 15.5. The predicted octanol–water partition coefficient (Wildman–Crippen LogP) is 4.95. The first-order valence-corrected chi connectivity index (χ1v) is 13.8. The minimum absolute atomic E-state index is 0.00303. The van der Waals surface area contributed by atoms with E-state index in [0.29, 0.717) is 22.9 Å². The third-order valence-electron chi connectivity index (χ3n) is 8.02. The number of nitrogen functional groups attached to an aromatic ring is 1. The Morgan fingerprint density at radius 2 is 1.98 bits per heavy atom. The average Bonchev–Trinajstić information content (AvgIpc) is 3.57. The van der Waals surface area contributed by atoms with Crippen molar-refractivity contribution < 1.29 is 23.0 Å². The molecular formula is C31H28F2N6O3. The molecule has 0 bridgehead atoms. The summed E-state index contributed by atoms with van der Waals surface area (Å²) in [7, 11) is 0. The number of halogens is 2. The monoisotopic (exact) mass is 570 g/mol. The van der Waals surface area contributed by atoms with Crippen LogP contribution in [0.3, 0.4) is 0 Å². The zero-order chi connectivity index (χ0) is 29.0. The van der Waals surface area contributed by atoms with Crippen molar-refractivity contribution in [2.24, 2.45) is 5.92 Å². The molecule has 0 spiro atoms. The predicted molar refractivity (Wildman–Crippen MR) is 152 cm³/mol. The van der Waals surface area contributed by atoms with E-state index in [0.717, 1.165) is 62.3 Å². The van der Waals surface area contributed by atoms with Gasteiger partial charge in [-0.2, -0.15) is 5.10 Å². The molecule has 214 valence electrons. The first-order valence-electron chi connectivity index (χ1n) is 13.8. The zero-order valence-electron chi connectivity index (χ0n) is 22.9. The highest BCUT2D eigenvalue weighted by atomic mass is 19.1. The number of hydrogen-bond donors (Lipinski definition) is 2. The second kappa shape index (κ2) is 10.3. The fourth-order valence-corrected chi connectivity index (χ4v) is 5.70. The van der Waals surface area contributed by atoms with Gasteiger partial charge in [-0.05, 0) is 54.3 Å². The van der Waals surface area contributed by atoms with E-state index >= 15 is 0 Å². The van der Waals surface area contributed by atoms with Gasteiger partial charge >= 0.3 is 0 Å². The number of ketones is 1. The van der Waals surface area contributed by atoms with E-state index < -0.39 is 17.4 Å². The summed E-state index contributed by atoms with van der Waals surface area (Å²) in [5.74, 6) is -1.75. The summed E-state index contributed by atoms with van der Waals surface area (Å²) < 4.78 is 40.2. The van der Waals surface area contributed by atoms with Crippen molar-refractivity contribution in [3.05, 3.63) is 94.4 Å². The van der Waals surface area contributed by atoms with Crippen LogP contribution in [0.4, 0.5) is 14.6 Å². The minimum atomic E-state index is -0.836. The van der Waals surface area contributed by atoms with Crippen LogP contribution >= 0.6 is 0 Å². The smallest absolute Gasteiger partial charge is 0.219 e. The molecule has 0 radical (unpaired) electrons. The van der Waals surface area contributed by atoms with Crippen LogP contribution in [0.25, 0.3) is 16.6 Å². The van der Waals surface area contributed by atoms with Crippen molar-refractivity contribution in [2.75, 3.05) is 32.0 Å². The van der Waals surface area contributed by atoms with Crippen molar-refractivity contribution in [1.29, 1.82) is 0 Å². The number of benzene rings is 2. The number of carbonyl (C=O) groups is 1. The van der Waals surface area contributed by atoms with Crippen LogP contribution in [-0.2, 0) is 17.7 Å². The molecule has 42 heavy (non-hydrogen) atoms. The molecule has 2 aromatic carbocycles. The van der Waals surface area contributed by atoms with E-state index in [1.165, 1.54) is 40.3 Å². The summed E-state index contributed by atoms with van der Waals surface area (Å²) >= 11 is 0. The number of pyridine rings is 1. The number of aromatic amines is 1. The maximum absolute atomic E-state index is 14.0. The summed E-state index contributed by atoms with van der Waals surface area (Å²) in [5, 5.41) is 5.39. The summed E-state index contributed by atoms with van der Waals surface area (Å²) in [6.07, 6.45) is 3.83. The van der Waals surface area contributed by atoms with Gasteiger partial charge in [0.2, 0.25) is 17.4 Å². The van der Waals surface area contributed by atoms with Crippen molar-refractivity contribution in [1.82, 2.24) is 24.6 Å². The number of nitrogens with two attached hydrogens (primary N) is 1. The van der Waals surface area contributed by atoms with Crippen LogP contribution in [0.15, 0.2) is 54.9 Å². The molecule has 0 atom stereocenters. The SMILES string of the molecule is Cc1cc(Oc2c(F)cccc2F)ncc1-n1ncc(C(=O)c2cc3c4c(ccc3[nH]2)CCN(CC2COC2)C4)c1N. The fourth-order valence-electron chi connectivity index (χ4n) is 5.70. The molecule has 5 heterocycles. The second-order valence-corrected chi connectivity index (χ2v) is 10.9. The molecule has 0 unspecified atom stereocenters. The van der Waals surface area contributed by atoms with Crippen LogP contribution in [0.5, 0.6) is 11.6 Å². The lowest BCUT2D eigenvalue weighted by molar-refractivity contribution is -0.0479. The van der Waals surface area contributed by atoms with Gasteiger partial charge in [0.15, 0.2) is 11.6 Å². The van der Waals surface area contributed by atoms with E-state index in [9.17, 15) is 13.6 Å². The lowest BCUT2D eigenvalue weighted by Crippen LogP contribution is -2.41. The highest BCUT2D eigenvalue weighted by Gasteiger charge is 2.27. The number of rotatable bonds is 7. The lowest BCUT2D eigenvalue weighted by Gasteiger charge is -2.35. The number of H-pyrrole nitrogens is 1. The average molecular weight is 571 g/mol. The van der Waals surface area contributed by atoms with Gasteiger partial charge < -0.3 is 20.2 Å². The van der Waals surface area contributed by atoms with E-state index in [1.807, 2.05) is 12.1 Å². The fraction of sp³-hybridized carbons (Fsp3) is 0.258. The molecule has 9 nitrogen and oxygen atoms in total. The second-order valence-electron chi connectivity index (χ2n) is 10.9. The Kier molecular flexibility index (Phi) is 6.47. The molecule has 5 aromatic rings. The largest absolute Gasteiger partial charge is 0.433 e. The number of aromatic nitrogens is 4. The number of nitrogens with zero attached hydrogens (tertiary/aromatic N) is 4. The van der Waals surface area contributed by atoms with Gasteiger partial charge in [0, 0.05) is 42.5 Å². The quantitative estimate of drug-likeness (QED) is 0.267. The van der Waals surface area contributed by atoms with E-state index in [1.54, 1.807) is 6.92 Å². The summed E-state index contributed by atoms with van der Waals surface area (Å²) in [5.41, 5.74) is 11.7. The Balaban J connectivity index is 1.14. The number of carbonyl (C=O) groups excluding carboxylic acids is 1. The van der Waals surface area contributed by atoms with Crippen LogP contribution in [0.1, 0.15) is 32.7 Å². The molecule has 11 heteroatoms. The summed E-state index contributed by atoms with van der Waals surface area (Å²) in [4.78, 5) is 23.5. The topological polar surface area (TPSA) is 111 Å². The molecule has 3 aromatic heterocycles. The van der Waals surface area contributed by atoms with Crippen molar-refractivity contribution in [3.8, 4) is 17.3 Å². The lowest BCUT2D eigenvalue weighted by atomic mass is 9.95. The first-order chi connectivity index (χ1) is 20.4. The van der Waals surface area contributed by atoms with Gasteiger partial charge in [-0.3, -0.25) is 9.69 Å². The zero-order valence-corrected chi connectivity index (χ0v) is 22.9. The number of ether oxygens (including phenoxy) is 2. The Hall–Kier alpha value is -4.61. The van der Waals surface area contributed by atoms with E-state index in [2.05, 4.69) is 26.0 Å².